The number of carbonyl (C=O) groups is 1. The van der Waals surface area contributed by atoms with Crippen LogP contribution < -0.4 is 5.32 Å². The molecule has 0 saturated heterocycles. The van der Waals surface area contributed by atoms with Gasteiger partial charge in [-0.25, -0.2) is 0 Å². The topological polar surface area (TPSA) is 59.3 Å². The minimum Gasteiger partial charge on any atom is -0.345 e. The van der Waals surface area contributed by atoms with Crippen LogP contribution in [0.4, 0.5) is 22.0 Å². The van der Waals surface area contributed by atoms with Crippen LogP contribution in [0.25, 0.3) is 5.65 Å². The summed E-state index contributed by atoms with van der Waals surface area (Å²) in [5.41, 5.74) is -0.766. The molecule has 3 rings (SSSR count). The van der Waals surface area contributed by atoms with E-state index < -0.39 is 23.4 Å². The standard InChI is InChI=1S/C16H10ClF5N4OS/c17-11-5-9(16(20,21)22)7-26-12(24-25-13(11)26)6-23-14(27)8-1-3-10(4-2-8)28-15(18)19/h1-5,7,15H,6H2,(H,23,27). The molecule has 1 N–H and O–H groups in total. The number of alkyl halides is 5. The molecule has 0 atom stereocenters. The van der Waals surface area contributed by atoms with Crippen molar-refractivity contribution in [3.8, 4) is 0 Å². The van der Waals surface area contributed by atoms with Crippen molar-refractivity contribution in [1.29, 1.82) is 0 Å². The Kier molecular flexibility index (Phi) is 5.75. The molecule has 0 fully saturated rings. The molecular weight excluding hydrogens is 427 g/mol. The highest BCUT2D eigenvalue weighted by atomic mass is 35.5. The summed E-state index contributed by atoms with van der Waals surface area (Å²) in [5, 5.41) is 9.73. The molecule has 0 aliphatic carbocycles. The average Bonchev–Trinajstić information content (AvgIpc) is 3.03. The van der Waals surface area contributed by atoms with E-state index in [1.807, 2.05) is 0 Å². The Labute approximate surface area is 163 Å². The normalized spacial score (nSPS) is 12.0. The second kappa shape index (κ2) is 7.92. The molecule has 0 radical (unpaired) electrons. The van der Waals surface area contributed by atoms with Gasteiger partial charge in [-0.2, -0.15) is 22.0 Å². The van der Waals surface area contributed by atoms with Gasteiger partial charge in [0.05, 0.1) is 17.1 Å². The zero-order valence-electron chi connectivity index (χ0n) is 13.7. The lowest BCUT2D eigenvalue weighted by atomic mass is 10.2. The Morgan fingerprint density at radius 3 is 2.50 bits per heavy atom. The van der Waals surface area contributed by atoms with Crippen LogP contribution in [0, 0.1) is 0 Å². The Bertz CT molecular complexity index is 1010. The maximum atomic E-state index is 12.9. The van der Waals surface area contributed by atoms with E-state index in [0.717, 1.165) is 16.7 Å². The average molecular weight is 437 g/mol. The summed E-state index contributed by atoms with van der Waals surface area (Å²) in [5.74, 6) is -3.08. The minimum absolute atomic E-state index is 0.0206. The van der Waals surface area contributed by atoms with Crippen LogP contribution in [0.2, 0.25) is 5.02 Å². The van der Waals surface area contributed by atoms with Gasteiger partial charge >= 0.3 is 6.18 Å². The molecule has 0 unspecified atom stereocenters. The highest BCUT2D eigenvalue weighted by Gasteiger charge is 2.32. The van der Waals surface area contributed by atoms with Gasteiger partial charge in [-0.1, -0.05) is 23.4 Å². The van der Waals surface area contributed by atoms with Crippen molar-refractivity contribution >= 4 is 34.9 Å². The third kappa shape index (κ3) is 4.53. The number of hydrogen-bond donors (Lipinski definition) is 1. The fraction of sp³-hybridized carbons (Fsp3) is 0.188. The molecule has 1 amide bonds. The second-order valence-electron chi connectivity index (χ2n) is 5.47. The van der Waals surface area contributed by atoms with Crippen molar-refractivity contribution in [3.05, 3.63) is 58.5 Å². The smallest absolute Gasteiger partial charge is 0.345 e. The van der Waals surface area contributed by atoms with Crippen molar-refractivity contribution in [2.45, 2.75) is 23.4 Å². The Balaban J connectivity index is 1.76. The first-order valence-corrected chi connectivity index (χ1v) is 8.84. The SMILES string of the molecule is O=C(NCc1nnc2c(Cl)cc(C(F)(F)F)cn12)c1ccc(SC(F)F)cc1. The van der Waals surface area contributed by atoms with Crippen LogP contribution in [0.1, 0.15) is 21.7 Å². The zero-order chi connectivity index (χ0) is 20.5. The number of thioether (sulfide) groups is 1. The molecule has 2 aromatic heterocycles. The van der Waals surface area contributed by atoms with Crippen molar-refractivity contribution in [1.82, 2.24) is 19.9 Å². The van der Waals surface area contributed by atoms with E-state index >= 15 is 0 Å². The van der Waals surface area contributed by atoms with Crippen molar-refractivity contribution in [3.63, 3.8) is 0 Å². The summed E-state index contributed by atoms with van der Waals surface area (Å²) >= 11 is 6.17. The van der Waals surface area contributed by atoms with Gasteiger partial charge < -0.3 is 5.32 Å². The van der Waals surface area contributed by atoms with E-state index in [4.69, 9.17) is 11.6 Å². The van der Waals surface area contributed by atoms with E-state index in [0.29, 0.717) is 16.7 Å². The predicted molar refractivity (Wildman–Crippen MR) is 92.5 cm³/mol. The number of fused-ring (bicyclic) bond motifs is 1. The summed E-state index contributed by atoms with van der Waals surface area (Å²) in [4.78, 5) is 12.5. The summed E-state index contributed by atoms with van der Waals surface area (Å²) in [7, 11) is 0. The van der Waals surface area contributed by atoms with Crippen LogP contribution in [0.5, 0.6) is 0 Å². The molecule has 12 heteroatoms. The lowest BCUT2D eigenvalue weighted by molar-refractivity contribution is -0.137. The van der Waals surface area contributed by atoms with Crippen LogP contribution in [-0.4, -0.2) is 26.3 Å². The van der Waals surface area contributed by atoms with E-state index in [1.54, 1.807) is 0 Å². The lowest BCUT2D eigenvalue weighted by Gasteiger charge is -2.09. The number of pyridine rings is 1. The van der Waals surface area contributed by atoms with Crippen molar-refractivity contribution in [2.24, 2.45) is 0 Å². The fourth-order valence-corrected chi connectivity index (χ4v) is 3.07. The maximum Gasteiger partial charge on any atom is 0.417 e. The van der Waals surface area contributed by atoms with Crippen molar-refractivity contribution < 1.29 is 26.7 Å². The summed E-state index contributed by atoms with van der Waals surface area (Å²) in [6, 6.07) is 6.20. The first-order valence-electron chi connectivity index (χ1n) is 7.58. The predicted octanol–water partition coefficient (Wildman–Crippen LogP) is 4.65. The summed E-state index contributed by atoms with van der Waals surface area (Å²) in [6.07, 6.45) is -3.82. The van der Waals surface area contributed by atoms with Gasteiger partial charge in [0.2, 0.25) is 0 Å². The number of amides is 1. The molecule has 2 heterocycles. The summed E-state index contributed by atoms with van der Waals surface area (Å²) in [6.45, 7) is -0.217. The molecular formula is C16H10ClF5N4OS. The number of nitrogens with zero attached hydrogens (tertiary/aromatic N) is 3. The molecule has 0 spiro atoms. The van der Waals surface area contributed by atoms with Crippen LogP contribution in [0.15, 0.2) is 41.4 Å². The largest absolute Gasteiger partial charge is 0.417 e. The maximum absolute atomic E-state index is 12.9. The Hall–Kier alpha value is -2.40. The molecule has 28 heavy (non-hydrogen) atoms. The molecule has 1 aromatic carbocycles. The van der Waals surface area contributed by atoms with Crippen molar-refractivity contribution in [2.75, 3.05) is 0 Å². The molecule has 148 valence electrons. The van der Waals surface area contributed by atoms with Crippen LogP contribution in [-0.2, 0) is 12.7 Å². The Morgan fingerprint density at radius 2 is 1.89 bits per heavy atom. The first kappa shape index (κ1) is 20.3. The van der Waals surface area contributed by atoms with Crippen LogP contribution in [0.3, 0.4) is 0 Å². The molecule has 3 aromatic rings. The number of aromatic nitrogens is 3. The minimum atomic E-state index is -4.61. The number of nitrogens with one attached hydrogen (secondary N) is 1. The van der Waals surface area contributed by atoms with E-state index in [-0.39, 0.29) is 28.6 Å². The Morgan fingerprint density at radius 1 is 1.21 bits per heavy atom. The highest BCUT2D eigenvalue weighted by Crippen LogP contribution is 2.32. The quantitative estimate of drug-likeness (QED) is 0.467. The number of hydrogen-bond acceptors (Lipinski definition) is 4. The molecule has 0 saturated carbocycles. The number of halogens is 6. The lowest BCUT2D eigenvalue weighted by Crippen LogP contribution is -2.24. The number of benzene rings is 1. The van der Waals surface area contributed by atoms with Crippen LogP contribution >= 0.6 is 23.4 Å². The number of rotatable bonds is 5. The van der Waals surface area contributed by atoms with Gasteiger partial charge in [-0.05, 0) is 30.3 Å². The molecule has 0 aliphatic rings. The third-order valence-electron chi connectivity index (χ3n) is 3.61. The second-order valence-corrected chi connectivity index (χ2v) is 6.94. The van der Waals surface area contributed by atoms with Gasteiger partial charge in [-0.15, -0.1) is 10.2 Å². The highest BCUT2D eigenvalue weighted by molar-refractivity contribution is 7.99. The number of carbonyl (C=O) groups excluding carboxylic acids is 1. The molecule has 5 nitrogen and oxygen atoms in total. The third-order valence-corrected chi connectivity index (χ3v) is 4.61. The first-order chi connectivity index (χ1) is 13.1. The fourth-order valence-electron chi connectivity index (χ4n) is 2.32. The molecule has 0 bridgehead atoms. The summed E-state index contributed by atoms with van der Waals surface area (Å²) < 4.78 is 64.5. The van der Waals surface area contributed by atoms with E-state index in [2.05, 4.69) is 15.5 Å². The van der Waals surface area contributed by atoms with Gasteiger partial charge in [0.1, 0.15) is 0 Å². The van der Waals surface area contributed by atoms with Gasteiger partial charge in [0.15, 0.2) is 11.5 Å². The van der Waals surface area contributed by atoms with E-state index in [9.17, 15) is 26.7 Å². The monoisotopic (exact) mass is 436 g/mol. The molecule has 0 aliphatic heterocycles. The van der Waals surface area contributed by atoms with Gasteiger partial charge in [-0.3, -0.25) is 9.20 Å². The van der Waals surface area contributed by atoms with Gasteiger partial charge in [0, 0.05) is 16.7 Å². The zero-order valence-corrected chi connectivity index (χ0v) is 15.2. The van der Waals surface area contributed by atoms with Gasteiger partial charge in [0.25, 0.3) is 11.7 Å². The van der Waals surface area contributed by atoms with E-state index in [1.165, 1.54) is 24.3 Å².